The third-order valence-corrected chi connectivity index (χ3v) is 7.26. The molecule has 0 bridgehead atoms. The summed E-state index contributed by atoms with van der Waals surface area (Å²) in [6.07, 6.45) is 6.95. The summed E-state index contributed by atoms with van der Waals surface area (Å²) >= 11 is 13.5. The van der Waals surface area contributed by atoms with Crippen molar-refractivity contribution in [2.75, 3.05) is 6.61 Å². The van der Waals surface area contributed by atoms with Crippen LogP contribution in [0.1, 0.15) is 51.9 Å². The van der Waals surface area contributed by atoms with E-state index in [1.165, 1.54) is 36.9 Å². The molecule has 0 radical (unpaired) electrons. The summed E-state index contributed by atoms with van der Waals surface area (Å²) in [6.45, 7) is 2.07. The molecule has 1 heterocycles. The van der Waals surface area contributed by atoms with Gasteiger partial charge in [-0.15, -0.1) is 10.2 Å². The first-order valence-electron chi connectivity index (χ1n) is 10.8. The number of carbonyl (C=O) groups is 2. The molecule has 1 saturated carbocycles. The second-order valence-corrected chi connectivity index (χ2v) is 9.55. The molecule has 1 atom stereocenters. The predicted molar refractivity (Wildman–Crippen MR) is 123 cm³/mol. The minimum atomic E-state index is -0.683. The average molecular weight is 500 g/mol. The molecule has 1 aromatic carbocycles. The maximum absolute atomic E-state index is 12.6. The first-order valence-corrected chi connectivity index (χ1v) is 12.4. The van der Waals surface area contributed by atoms with E-state index in [-0.39, 0.29) is 12.3 Å². The summed E-state index contributed by atoms with van der Waals surface area (Å²) in [5.41, 5.74) is 0. The van der Waals surface area contributed by atoms with Gasteiger partial charge in [-0.2, -0.15) is 4.80 Å². The SMILES string of the molecule is CCC(NC(=O)OCCC1CCCCC1)C(=O)Cn1nnc(Sc2c(Cl)cccc2Cl)n1. The number of tetrazole rings is 1. The smallest absolute Gasteiger partial charge is 0.407 e. The highest BCUT2D eigenvalue weighted by Gasteiger charge is 2.22. The molecule has 8 nitrogen and oxygen atoms in total. The number of nitrogens with one attached hydrogen (secondary N) is 1. The zero-order chi connectivity index (χ0) is 22.9. The third kappa shape index (κ3) is 7.35. The molecular weight excluding hydrogens is 473 g/mol. The molecule has 1 amide bonds. The van der Waals surface area contributed by atoms with Gasteiger partial charge in [0.15, 0.2) is 5.78 Å². The maximum atomic E-state index is 12.6. The Kier molecular flexibility index (Phi) is 9.62. The van der Waals surface area contributed by atoms with Crippen LogP contribution in [0.4, 0.5) is 4.79 Å². The van der Waals surface area contributed by atoms with Crippen molar-refractivity contribution in [1.29, 1.82) is 0 Å². The van der Waals surface area contributed by atoms with Gasteiger partial charge in [-0.3, -0.25) is 4.79 Å². The van der Waals surface area contributed by atoms with Gasteiger partial charge in [-0.05, 0) is 47.9 Å². The van der Waals surface area contributed by atoms with Crippen LogP contribution in [0.25, 0.3) is 0 Å². The Balaban J connectivity index is 1.46. The standard InChI is InChI=1S/C21H27Cl2N5O3S/c1-2-17(24-21(30)31-12-11-14-7-4-3-5-8-14)18(29)13-28-26-20(25-27-28)32-19-15(22)9-6-10-16(19)23/h6,9-10,14,17H,2-5,7-8,11-13H2,1H3,(H,24,30). The van der Waals surface area contributed by atoms with Crippen molar-refractivity contribution >= 4 is 46.8 Å². The lowest BCUT2D eigenvalue weighted by Crippen LogP contribution is -2.42. The number of rotatable bonds is 10. The quantitative estimate of drug-likeness (QED) is 0.480. The number of aromatic nitrogens is 4. The molecule has 32 heavy (non-hydrogen) atoms. The molecule has 1 aromatic heterocycles. The zero-order valence-corrected chi connectivity index (χ0v) is 20.3. The van der Waals surface area contributed by atoms with Crippen LogP contribution in [0.5, 0.6) is 0 Å². The second-order valence-electron chi connectivity index (χ2n) is 7.76. The van der Waals surface area contributed by atoms with Crippen molar-refractivity contribution in [1.82, 2.24) is 25.5 Å². The van der Waals surface area contributed by atoms with Crippen LogP contribution in [0.2, 0.25) is 10.0 Å². The highest BCUT2D eigenvalue weighted by atomic mass is 35.5. The first kappa shape index (κ1) is 24.8. The number of ketones is 1. The molecule has 0 aliphatic heterocycles. The van der Waals surface area contributed by atoms with E-state index >= 15 is 0 Å². The van der Waals surface area contributed by atoms with Crippen LogP contribution >= 0.6 is 35.0 Å². The van der Waals surface area contributed by atoms with Gasteiger partial charge in [-0.1, -0.05) is 68.3 Å². The molecule has 1 fully saturated rings. The summed E-state index contributed by atoms with van der Waals surface area (Å²) in [7, 11) is 0. The van der Waals surface area contributed by atoms with Crippen LogP contribution in [0, 0.1) is 5.92 Å². The first-order chi connectivity index (χ1) is 15.5. The molecule has 11 heteroatoms. The number of carbonyl (C=O) groups excluding carboxylic acids is 2. The van der Waals surface area contributed by atoms with Crippen molar-refractivity contribution in [3.63, 3.8) is 0 Å². The van der Waals surface area contributed by atoms with Crippen molar-refractivity contribution < 1.29 is 14.3 Å². The van der Waals surface area contributed by atoms with E-state index in [9.17, 15) is 9.59 Å². The van der Waals surface area contributed by atoms with E-state index in [2.05, 4.69) is 20.7 Å². The van der Waals surface area contributed by atoms with Gasteiger partial charge in [0.1, 0.15) is 6.54 Å². The number of ether oxygens (including phenoxy) is 1. The van der Waals surface area contributed by atoms with Crippen molar-refractivity contribution in [3.05, 3.63) is 28.2 Å². The highest BCUT2D eigenvalue weighted by molar-refractivity contribution is 7.99. The Labute approximate surface area is 201 Å². The van der Waals surface area contributed by atoms with Crippen molar-refractivity contribution in [3.8, 4) is 0 Å². The molecule has 2 aromatic rings. The monoisotopic (exact) mass is 499 g/mol. The fourth-order valence-electron chi connectivity index (χ4n) is 3.65. The van der Waals surface area contributed by atoms with E-state index in [0.717, 1.165) is 18.2 Å². The fourth-order valence-corrected chi connectivity index (χ4v) is 5.00. The summed E-state index contributed by atoms with van der Waals surface area (Å²) in [5.74, 6) is 0.396. The average Bonchev–Trinajstić information content (AvgIpc) is 3.22. The van der Waals surface area contributed by atoms with Crippen molar-refractivity contribution in [2.45, 2.75) is 74.5 Å². The minimum Gasteiger partial charge on any atom is -0.450 e. The lowest BCUT2D eigenvalue weighted by Gasteiger charge is -2.21. The van der Waals surface area contributed by atoms with E-state index in [1.807, 2.05) is 6.92 Å². The van der Waals surface area contributed by atoms with Crippen LogP contribution in [0.15, 0.2) is 28.3 Å². The van der Waals surface area contributed by atoms with Crippen LogP contribution in [0.3, 0.4) is 0 Å². The normalized spacial score (nSPS) is 15.3. The summed E-state index contributed by atoms with van der Waals surface area (Å²) in [6, 6.07) is 4.50. The third-order valence-electron chi connectivity index (χ3n) is 5.42. The van der Waals surface area contributed by atoms with Gasteiger partial charge >= 0.3 is 6.09 Å². The Hall–Kier alpha value is -1.84. The molecule has 0 spiro atoms. The van der Waals surface area contributed by atoms with Crippen LogP contribution < -0.4 is 5.32 Å². The maximum Gasteiger partial charge on any atom is 0.407 e. The molecular formula is C21H27Cl2N5O3S. The number of Topliss-reactive ketones (excluding diaryl/α,β-unsaturated/α-hetero) is 1. The lowest BCUT2D eigenvalue weighted by atomic mass is 9.87. The topological polar surface area (TPSA) is 99.0 Å². The van der Waals surface area contributed by atoms with Gasteiger partial charge < -0.3 is 10.1 Å². The minimum absolute atomic E-state index is 0.120. The van der Waals surface area contributed by atoms with Gasteiger partial charge in [0.05, 0.1) is 27.6 Å². The van der Waals surface area contributed by atoms with E-state index in [1.54, 1.807) is 18.2 Å². The number of amides is 1. The van der Waals surface area contributed by atoms with Gasteiger partial charge in [-0.25, -0.2) is 4.79 Å². The Morgan fingerprint density at radius 1 is 1.25 bits per heavy atom. The molecule has 1 N–H and O–H groups in total. The number of benzene rings is 1. The number of hydrogen-bond donors (Lipinski definition) is 1. The molecule has 1 aliphatic rings. The zero-order valence-electron chi connectivity index (χ0n) is 17.9. The van der Waals surface area contributed by atoms with Gasteiger partial charge in [0.25, 0.3) is 0 Å². The fraction of sp³-hybridized carbons (Fsp3) is 0.571. The predicted octanol–water partition coefficient (Wildman–Crippen LogP) is 5.18. The van der Waals surface area contributed by atoms with E-state index < -0.39 is 12.1 Å². The van der Waals surface area contributed by atoms with E-state index in [0.29, 0.717) is 39.0 Å². The van der Waals surface area contributed by atoms with E-state index in [4.69, 9.17) is 27.9 Å². The van der Waals surface area contributed by atoms with Gasteiger partial charge in [0.2, 0.25) is 5.16 Å². The largest absolute Gasteiger partial charge is 0.450 e. The van der Waals surface area contributed by atoms with Gasteiger partial charge in [0, 0.05) is 0 Å². The van der Waals surface area contributed by atoms with Crippen molar-refractivity contribution in [2.24, 2.45) is 5.92 Å². The molecule has 1 unspecified atom stereocenters. The Morgan fingerprint density at radius 3 is 2.66 bits per heavy atom. The molecule has 0 saturated heterocycles. The number of hydrogen-bond acceptors (Lipinski definition) is 7. The molecule has 174 valence electrons. The number of halogens is 2. The summed E-state index contributed by atoms with van der Waals surface area (Å²) in [4.78, 5) is 26.6. The summed E-state index contributed by atoms with van der Waals surface area (Å²) < 4.78 is 5.29. The summed E-state index contributed by atoms with van der Waals surface area (Å²) in [5, 5.41) is 16.0. The second kappa shape index (κ2) is 12.4. The van der Waals surface area contributed by atoms with Crippen LogP contribution in [-0.2, 0) is 16.1 Å². The number of alkyl carbamates (subject to hydrolysis) is 1. The Morgan fingerprint density at radius 2 is 1.97 bits per heavy atom. The van der Waals surface area contributed by atoms with Crippen LogP contribution in [-0.4, -0.2) is 44.7 Å². The number of nitrogens with zero attached hydrogens (tertiary/aromatic N) is 4. The molecule has 1 aliphatic carbocycles. The Bertz CT molecular complexity index is 900. The molecule has 3 rings (SSSR count). The lowest BCUT2D eigenvalue weighted by molar-refractivity contribution is -0.122. The highest BCUT2D eigenvalue weighted by Crippen LogP contribution is 2.36.